The van der Waals surface area contributed by atoms with Crippen LogP contribution in [-0.2, 0) is 23.3 Å². The van der Waals surface area contributed by atoms with E-state index in [4.69, 9.17) is 0 Å². The molecule has 0 radical (unpaired) electrons. The second kappa shape index (κ2) is 5.36. The lowest BCUT2D eigenvalue weighted by Gasteiger charge is -2.18. The van der Waals surface area contributed by atoms with Crippen molar-refractivity contribution in [2.75, 3.05) is 18.6 Å². The van der Waals surface area contributed by atoms with Crippen molar-refractivity contribution in [3.8, 4) is 0 Å². The van der Waals surface area contributed by atoms with E-state index in [1.54, 1.807) is 4.68 Å². The van der Waals surface area contributed by atoms with Crippen molar-refractivity contribution in [3.05, 3.63) is 11.9 Å². The Balaban J connectivity index is 1.90. The summed E-state index contributed by atoms with van der Waals surface area (Å²) in [6.45, 7) is 0. The van der Waals surface area contributed by atoms with Gasteiger partial charge in [-0.15, -0.1) is 5.10 Å². The van der Waals surface area contributed by atoms with Crippen LogP contribution in [0.25, 0.3) is 0 Å². The quantitative estimate of drug-likeness (QED) is 0.801. The molecule has 102 valence electrons. The first-order chi connectivity index (χ1) is 8.48. The minimum Gasteiger partial charge on any atom is -0.317 e. The normalized spacial score (nSPS) is 24.2. The zero-order chi connectivity index (χ0) is 13.2. The van der Waals surface area contributed by atoms with Gasteiger partial charge in [0.1, 0.15) is 0 Å². The Kier molecular flexibility index (Phi) is 4.01. The Bertz CT molecular complexity index is 497. The molecule has 0 spiro atoms. The number of hydrogen-bond donors (Lipinski definition) is 1. The molecule has 1 aromatic heterocycles. The van der Waals surface area contributed by atoms with Gasteiger partial charge in [-0.1, -0.05) is 5.21 Å². The van der Waals surface area contributed by atoms with Crippen LogP contribution in [0.1, 0.15) is 18.5 Å². The molecule has 2 heterocycles. The average Bonchev–Trinajstić information content (AvgIpc) is 2.84. The van der Waals surface area contributed by atoms with Gasteiger partial charge in [-0.3, -0.25) is 4.68 Å². The third-order valence-corrected chi connectivity index (χ3v) is 5.30. The first-order valence-corrected chi connectivity index (χ1v) is 8.03. The number of rotatable bonds is 5. The van der Waals surface area contributed by atoms with E-state index >= 15 is 0 Å². The Labute approximate surface area is 108 Å². The highest BCUT2D eigenvalue weighted by Crippen LogP contribution is 2.23. The van der Waals surface area contributed by atoms with Gasteiger partial charge in [-0.05, 0) is 25.8 Å². The molecule has 1 aromatic rings. The standard InChI is InChI=1S/C11H20N4O2S/c1-12-10(6-11-7-15(2)14-13-11)5-9-3-4-18(16,17)8-9/h7,9-10,12H,3-6,8H2,1-2H3. The summed E-state index contributed by atoms with van der Waals surface area (Å²) in [4.78, 5) is 0. The van der Waals surface area contributed by atoms with E-state index in [0.717, 1.165) is 25.0 Å². The van der Waals surface area contributed by atoms with Gasteiger partial charge in [-0.2, -0.15) is 0 Å². The molecule has 6 nitrogen and oxygen atoms in total. The molecule has 18 heavy (non-hydrogen) atoms. The predicted octanol–water partition coefficient (Wildman–Crippen LogP) is -0.230. The maximum absolute atomic E-state index is 11.4. The van der Waals surface area contributed by atoms with Crippen molar-refractivity contribution >= 4 is 9.84 Å². The fourth-order valence-corrected chi connectivity index (χ4v) is 4.38. The second-order valence-electron chi connectivity index (χ2n) is 5.08. The number of aryl methyl sites for hydroxylation is 1. The molecule has 0 bridgehead atoms. The highest BCUT2D eigenvalue weighted by molar-refractivity contribution is 7.91. The van der Waals surface area contributed by atoms with Gasteiger partial charge in [0.05, 0.1) is 17.2 Å². The third kappa shape index (κ3) is 3.52. The van der Waals surface area contributed by atoms with Gasteiger partial charge in [0.15, 0.2) is 9.84 Å². The van der Waals surface area contributed by atoms with Crippen LogP contribution in [0, 0.1) is 5.92 Å². The molecule has 1 fully saturated rings. The molecular formula is C11H20N4O2S. The fraction of sp³-hybridized carbons (Fsp3) is 0.818. The Morgan fingerprint density at radius 3 is 2.89 bits per heavy atom. The van der Waals surface area contributed by atoms with Crippen LogP contribution in [0.2, 0.25) is 0 Å². The first kappa shape index (κ1) is 13.5. The first-order valence-electron chi connectivity index (χ1n) is 6.21. The van der Waals surface area contributed by atoms with E-state index in [0.29, 0.717) is 11.5 Å². The lowest BCUT2D eigenvalue weighted by molar-refractivity contribution is 0.421. The van der Waals surface area contributed by atoms with Crippen LogP contribution < -0.4 is 5.32 Å². The third-order valence-electron chi connectivity index (χ3n) is 3.46. The van der Waals surface area contributed by atoms with Gasteiger partial charge in [-0.25, -0.2) is 8.42 Å². The van der Waals surface area contributed by atoms with Crippen molar-refractivity contribution in [1.82, 2.24) is 20.3 Å². The lowest BCUT2D eigenvalue weighted by Crippen LogP contribution is -2.30. The monoisotopic (exact) mass is 272 g/mol. The van der Waals surface area contributed by atoms with Crippen LogP contribution in [0.15, 0.2) is 6.20 Å². The predicted molar refractivity (Wildman–Crippen MR) is 68.9 cm³/mol. The van der Waals surface area contributed by atoms with Gasteiger partial charge in [0.25, 0.3) is 0 Å². The number of hydrogen-bond acceptors (Lipinski definition) is 5. The van der Waals surface area contributed by atoms with Crippen molar-refractivity contribution in [1.29, 1.82) is 0 Å². The number of nitrogens with one attached hydrogen (secondary N) is 1. The fourth-order valence-electron chi connectivity index (χ4n) is 2.50. The van der Waals surface area contributed by atoms with E-state index in [1.807, 2.05) is 20.3 Å². The Morgan fingerprint density at radius 1 is 1.61 bits per heavy atom. The van der Waals surface area contributed by atoms with E-state index in [9.17, 15) is 8.42 Å². The summed E-state index contributed by atoms with van der Waals surface area (Å²) in [5.74, 6) is 0.967. The van der Waals surface area contributed by atoms with Crippen molar-refractivity contribution in [3.63, 3.8) is 0 Å². The van der Waals surface area contributed by atoms with Gasteiger partial charge < -0.3 is 5.32 Å². The molecule has 2 unspecified atom stereocenters. The van der Waals surface area contributed by atoms with Crippen molar-refractivity contribution < 1.29 is 8.42 Å². The second-order valence-corrected chi connectivity index (χ2v) is 7.31. The van der Waals surface area contributed by atoms with Crippen LogP contribution in [0.5, 0.6) is 0 Å². The Hall–Kier alpha value is -0.950. The summed E-state index contributed by atoms with van der Waals surface area (Å²) in [7, 11) is 0.971. The summed E-state index contributed by atoms with van der Waals surface area (Å²) >= 11 is 0. The zero-order valence-corrected chi connectivity index (χ0v) is 11.7. The van der Waals surface area contributed by atoms with E-state index < -0.39 is 9.84 Å². The molecule has 1 aliphatic heterocycles. The minimum atomic E-state index is -2.78. The molecule has 1 N–H and O–H groups in total. The minimum absolute atomic E-state index is 0.264. The number of aromatic nitrogens is 3. The zero-order valence-electron chi connectivity index (χ0n) is 10.8. The van der Waals surface area contributed by atoms with Gasteiger partial charge in [0, 0.05) is 25.7 Å². The molecule has 0 aromatic carbocycles. The molecule has 7 heteroatoms. The van der Waals surface area contributed by atoms with E-state index in [1.165, 1.54) is 0 Å². The van der Waals surface area contributed by atoms with Crippen LogP contribution >= 0.6 is 0 Å². The summed E-state index contributed by atoms with van der Waals surface area (Å²) in [5, 5.41) is 11.2. The van der Waals surface area contributed by atoms with Crippen molar-refractivity contribution in [2.24, 2.45) is 13.0 Å². The Morgan fingerprint density at radius 2 is 2.39 bits per heavy atom. The summed E-state index contributed by atoms with van der Waals surface area (Å²) < 4.78 is 24.5. The molecule has 1 saturated heterocycles. The molecule has 0 aliphatic carbocycles. The van der Waals surface area contributed by atoms with Crippen molar-refractivity contribution in [2.45, 2.75) is 25.3 Å². The largest absolute Gasteiger partial charge is 0.317 e. The van der Waals surface area contributed by atoms with Crippen LogP contribution in [0.4, 0.5) is 0 Å². The highest BCUT2D eigenvalue weighted by Gasteiger charge is 2.29. The van der Waals surface area contributed by atoms with E-state index in [-0.39, 0.29) is 12.0 Å². The maximum Gasteiger partial charge on any atom is 0.150 e. The highest BCUT2D eigenvalue weighted by atomic mass is 32.2. The molecule has 0 amide bonds. The lowest BCUT2D eigenvalue weighted by atomic mass is 9.96. The molecule has 0 saturated carbocycles. The summed E-state index contributed by atoms with van der Waals surface area (Å²) in [6, 6.07) is 0.264. The summed E-state index contributed by atoms with van der Waals surface area (Å²) in [6.07, 6.45) is 4.36. The number of likely N-dealkylation sites (N-methyl/N-ethyl adjacent to an activating group) is 1. The molecule has 2 atom stereocenters. The van der Waals surface area contributed by atoms with Gasteiger partial charge in [0.2, 0.25) is 0 Å². The van der Waals surface area contributed by atoms with E-state index in [2.05, 4.69) is 15.6 Å². The van der Waals surface area contributed by atoms with Crippen LogP contribution in [-0.4, -0.2) is 48.0 Å². The number of nitrogens with zero attached hydrogens (tertiary/aromatic N) is 3. The topological polar surface area (TPSA) is 76.9 Å². The average molecular weight is 272 g/mol. The SMILES string of the molecule is CNC(Cc1cn(C)nn1)CC1CCS(=O)(=O)C1. The number of sulfone groups is 1. The molecule has 2 rings (SSSR count). The smallest absolute Gasteiger partial charge is 0.150 e. The van der Waals surface area contributed by atoms with Crippen LogP contribution in [0.3, 0.4) is 0 Å². The summed E-state index contributed by atoms with van der Waals surface area (Å²) in [5.41, 5.74) is 0.942. The molecule has 1 aliphatic rings. The molecular weight excluding hydrogens is 252 g/mol. The maximum atomic E-state index is 11.4. The van der Waals surface area contributed by atoms with Gasteiger partial charge >= 0.3 is 0 Å².